The van der Waals surface area contributed by atoms with E-state index < -0.39 is 0 Å². The van der Waals surface area contributed by atoms with Gasteiger partial charge in [0.2, 0.25) is 0 Å². The van der Waals surface area contributed by atoms with Gasteiger partial charge < -0.3 is 9.84 Å². The van der Waals surface area contributed by atoms with E-state index in [1.807, 2.05) is 19.1 Å². The number of aromatic hydroxyl groups is 1. The zero-order chi connectivity index (χ0) is 15.2. The first-order valence-electron chi connectivity index (χ1n) is 6.37. The lowest BCUT2D eigenvalue weighted by molar-refractivity contribution is 0.0955. The number of aryl methyl sites for hydroxylation is 1. The van der Waals surface area contributed by atoms with Crippen molar-refractivity contribution in [1.29, 1.82) is 0 Å². The number of amides is 1. The molecule has 2 aromatic carbocycles. The van der Waals surface area contributed by atoms with Gasteiger partial charge in [-0.3, -0.25) is 4.79 Å². The van der Waals surface area contributed by atoms with E-state index >= 15 is 0 Å². The number of carbonyl (C=O) groups is 1. The molecule has 108 valence electrons. The van der Waals surface area contributed by atoms with E-state index in [4.69, 9.17) is 4.74 Å². The molecule has 5 nitrogen and oxygen atoms in total. The van der Waals surface area contributed by atoms with Crippen molar-refractivity contribution in [3.63, 3.8) is 0 Å². The number of nitrogens with one attached hydrogen (secondary N) is 1. The molecule has 2 N–H and O–H groups in total. The van der Waals surface area contributed by atoms with E-state index in [2.05, 4.69) is 10.5 Å². The Morgan fingerprint density at radius 3 is 2.76 bits per heavy atom. The Bertz CT molecular complexity index is 681. The van der Waals surface area contributed by atoms with Crippen LogP contribution in [0.15, 0.2) is 47.6 Å². The maximum atomic E-state index is 11.9. The molecule has 1 amide bonds. The van der Waals surface area contributed by atoms with E-state index in [9.17, 15) is 9.90 Å². The van der Waals surface area contributed by atoms with Crippen LogP contribution in [-0.2, 0) is 0 Å². The van der Waals surface area contributed by atoms with E-state index in [0.29, 0.717) is 16.9 Å². The minimum atomic E-state index is -0.285. The van der Waals surface area contributed by atoms with Gasteiger partial charge in [0.1, 0.15) is 0 Å². The number of hydrogen-bond donors (Lipinski definition) is 2. The summed E-state index contributed by atoms with van der Waals surface area (Å²) in [6, 6.07) is 12.1. The fourth-order valence-electron chi connectivity index (χ4n) is 1.80. The molecular weight excluding hydrogens is 268 g/mol. The number of methoxy groups -OCH3 is 1. The van der Waals surface area contributed by atoms with Crippen molar-refractivity contribution in [3.8, 4) is 11.5 Å². The van der Waals surface area contributed by atoms with Crippen molar-refractivity contribution in [1.82, 2.24) is 5.43 Å². The van der Waals surface area contributed by atoms with Crippen molar-refractivity contribution in [3.05, 3.63) is 59.2 Å². The van der Waals surface area contributed by atoms with E-state index in [0.717, 1.165) is 5.56 Å². The highest BCUT2D eigenvalue weighted by molar-refractivity contribution is 5.95. The molecule has 2 rings (SSSR count). The maximum absolute atomic E-state index is 11.9. The summed E-state index contributed by atoms with van der Waals surface area (Å²) in [5.41, 5.74) is 4.64. The second-order valence-electron chi connectivity index (χ2n) is 4.50. The molecule has 0 aliphatic carbocycles. The Hall–Kier alpha value is -2.82. The summed E-state index contributed by atoms with van der Waals surface area (Å²) in [7, 11) is 1.48. The zero-order valence-corrected chi connectivity index (χ0v) is 11.8. The van der Waals surface area contributed by atoms with Crippen LogP contribution in [0.2, 0.25) is 0 Å². The maximum Gasteiger partial charge on any atom is 0.271 e. The monoisotopic (exact) mass is 284 g/mol. The minimum absolute atomic E-state index is 0.0199. The highest BCUT2D eigenvalue weighted by Crippen LogP contribution is 2.25. The third kappa shape index (κ3) is 3.82. The number of phenols is 1. The van der Waals surface area contributed by atoms with Crippen molar-refractivity contribution in [2.75, 3.05) is 7.11 Å². The summed E-state index contributed by atoms with van der Waals surface area (Å²) in [5, 5.41) is 13.5. The number of benzene rings is 2. The molecule has 0 aliphatic heterocycles. The SMILES string of the molecule is COc1ccc(C=NNC(=O)c2cccc(C)c2)cc1O. The molecule has 2 aromatic rings. The number of rotatable bonds is 4. The standard InChI is InChI=1S/C16H16N2O3/c1-11-4-3-5-13(8-11)16(20)18-17-10-12-6-7-15(21-2)14(19)9-12/h3-10,19H,1-2H3,(H,18,20). The van der Waals surface area contributed by atoms with Gasteiger partial charge in [-0.1, -0.05) is 17.7 Å². The van der Waals surface area contributed by atoms with Crippen LogP contribution in [0.5, 0.6) is 11.5 Å². The van der Waals surface area contributed by atoms with Gasteiger partial charge in [0.15, 0.2) is 11.5 Å². The summed E-state index contributed by atoms with van der Waals surface area (Å²) in [5.74, 6) is 0.120. The van der Waals surface area contributed by atoms with Crippen LogP contribution in [0, 0.1) is 6.92 Å². The molecule has 0 saturated carbocycles. The van der Waals surface area contributed by atoms with Crippen LogP contribution < -0.4 is 10.2 Å². The molecule has 0 spiro atoms. The molecule has 0 radical (unpaired) electrons. The number of hydrazone groups is 1. The molecule has 0 saturated heterocycles. The summed E-state index contributed by atoms with van der Waals surface area (Å²) < 4.78 is 4.95. The van der Waals surface area contributed by atoms with Crippen molar-refractivity contribution >= 4 is 12.1 Å². The van der Waals surface area contributed by atoms with Crippen LogP contribution in [-0.4, -0.2) is 24.3 Å². The fourth-order valence-corrected chi connectivity index (χ4v) is 1.80. The largest absolute Gasteiger partial charge is 0.504 e. The Kier molecular flexibility index (Phi) is 4.56. The Labute approximate surface area is 122 Å². The van der Waals surface area contributed by atoms with Gasteiger partial charge in [0.05, 0.1) is 13.3 Å². The predicted octanol–water partition coefficient (Wildman–Crippen LogP) is 2.47. The predicted molar refractivity (Wildman–Crippen MR) is 80.9 cm³/mol. The van der Waals surface area contributed by atoms with Crippen LogP contribution >= 0.6 is 0 Å². The van der Waals surface area contributed by atoms with Crippen LogP contribution in [0.4, 0.5) is 0 Å². The fraction of sp³-hybridized carbons (Fsp3) is 0.125. The van der Waals surface area contributed by atoms with Crippen LogP contribution in [0.1, 0.15) is 21.5 Å². The lowest BCUT2D eigenvalue weighted by Crippen LogP contribution is -2.17. The van der Waals surface area contributed by atoms with Gasteiger partial charge in [0, 0.05) is 5.56 Å². The molecule has 0 aromatic heterocycles. The van der Waals surface area contributed by atoms with Gasteiger partial charge >= 0.3 is 0 Å². The highest BCUT2D eigenvalue weighted by atomic mass is 16.5. The van der Waals surface area contributed by atoms with Gasteiger partial charge in [-0.25, -0.2) is 5.43 Å². The molecule has 0 aliphatic rings. The summed E-state index contributed by atoms with van der Waals surface area (Å²) >= 11 is 0. The summed E-state index contributed by atoms with van der Waals surface area (Å²) in [4.78, 5) is 11.9. The van der Waals surface area contributed by atoms with Gasteiger partial charge in [0.25, 0.3) is 5.91 Å². The number of hydrogen-bond acceptors (Lipinski definition) is 4. The van der Waals surface area contributed by atoms with Gasteiger partial charge in [-0.05, 0) is 42.8 Å². The molecule has 0 bridgehead atoms. The van der Waals surface area contributed by atoms with Crippen molar-refractivity contribution in [2.24, 2.45) is 5.10 Å². The van der Waals surface area contributed by atoms with Gasteiger partial charge in [-0.15, -0.1) is 0 Å². The quantitative estimate of drug-likeness (QED) is 0.669. The smallest absolute Gasteiger partial charge is 0.271 e. The molecular formula is C16H16N2O3. The molecule has 0 unspecified atom stereocenters. The number of ether oxygens (including phenoxy) is 1. The Morgan fingerprint density at radius 2 is 2.10 bits per heavy atom. The minimum Gasteiger partial charge on any atom is -0.504 e. The molecule has 5 heteroatoms. The first-order chi connectivity index (χ1) is 10.1. The molecule has 0 heterocycles. The Balaban J connectivity index is 2.02. The van der Waals surface area contributed by atoms with Gasteiger partial charge in [-0.2, -0.15) is 5.10 Å². The molecule has 0 atom stereocenters. The topological polar surface area (TPSA) is 70.9 Å². The van der Waals surface area contributed by atoms with Crippen molar-refractivity contribution < 1.29 is 14.6 Å². The van der Waals surface area contributed by atoms with E-state index in [1.165, 1.54) is 19.4 Å². The molecule has 0 fully saturated rings. The number of nitrogens with zero attached hydrogens (tertiary/aromatic N) is 1. The highest BCUT2D eigenvalue weighted by Gasteiger charge is 2.04. The second-order valence-corrected chi connectivity index (χ2v) is 4.50. The molecule has 21 heavy (non-hydrogen) atoms. The average Bonchev–Trinajstić information content (AvgIpc) is 2.47. The normalized spacial score (nSPS) is 10.6. The van der Waals surface area contributed by atoms with Crippen LogP contribution in [0.3, 0.4) is 0 Å². The lowest BCUT2D eigenvalue weighted by Gasteiger charge is -2.03. The van der Waals surface area contributed by atoms with E-state index in [-0.39, 0.29) is 11.7 Å². The first kappa shape index (κ1) is 14.6. The average molecular weight is 284 g/mol. The first-order valence-corrected chi connectivity index (χ1v) is 6.37. The summed E-state index contributed by atoms with van der Waals surface area (Å²) in [6.45, 7) is 1.92. The summed E-state index contributed by atoms with van der Waals surface area (Å²) in [6.07, 6.45) is 1.45. The van der Waals surface area contributed by atoms with Crippen LogP contribution in [0.25, 0.3) is 0 Å². The van der Waals surface area contributed by atoms with E-state index in [1.54, 1.807) is 24.3 Å². The third-order valence-corrected chi connectivity index (χ3v) is 2.86. The Morgan fingerprint density at radius 1 is 1.29 bits per heavy atom. The lowest BCUT2D eigenvalue weighted by atomic mass is 10.1. The number of carbonyl (C=O) groups excluding carboxylic acids is 1. The zero-order valence-electron chi connectivity index (χ0n) is 11.8. The third-order valence-electron chi connectivity index (χ3n) is 2.86. The van der Waals surface area contributed by atoms with Crippen molar-refractivity contribution in [2.45, 2.75) is 6.92 Å². The number of phenolic OH excluding ortho intramolecular Hbond substituents is 1. The second kappa shape index (κ2) is 6.56.